The van der Waals surface area contributed by atoms with Crippen molar-refractivity contribution in [1.82, 2.24) is 0 Å². The Morgan fingerprint density at radius 1 is 1.20 bits per heavy atom. The molecular formula is C17H29O2P. The highest BCUT2D eigenvalue weighted by Gasteiger charge is 2.18. The van der Waals surface area contributed by atoms with Crippen molar-refractivity contribution in [3.63, 3.8) is 0 Å². The third-order valence-electron chi connectivity index (χ3n) is 3.17. The van der Waals surface area contributed by atoms with Gasteiger partial charge in [-0.25, -0.2) is 4.79 Å². The summed E-state index contributed by atoms with van der Waals surface area (Å²) in [6.45, 7) is 12.3. The van der Waals surface area contributed by atoms with Gasteiger partial charge in [-0.15, -0.1) is 9.24 Å². The molecule has 1 aromatic rings. The molecule has 3 heteroatoms. The Bertz CT molecular complexity index is 420. The summed E-state index contributed by atoms with van der Waals surface area (Å²) >= 11 is 0. The number of benzene rings is 1. The monoisotopic (exact) mass is 296 g/mol. The fraction of sp³-hybridized carbons (Fsp3) is 0.588. The molecule has 1 N–H and O–H groups in total. The van der Waals surface area contributed by atoms with Crippen LogP contribution in [-0.4, -0.2) is 17.2 Å². The van der Waals surface area contributed by atoms with Gasteiger partial charge in [0, 0.05) is 0 Å². The SMILES string of the molecule is CCCCP.Cc1cc(C(C)(C)C)cc(C)c1C(=O)O. The lowest BCUT2D eigenvalue weighted by Crippen LogP contribution is -2.13. The van der Waals surface area contributed by atoms with Crippen molar-refractivity contribution in [2.45, 2.75) is 59.8 Å². The first-order valence-corrected chi connectivity index (χ1v) is 8.01. The van der Waals surface area contributed by atoms with E-state index in [-0.39, 0.29) is 5.41 Å². The number of carbonyl (C=O) groups is 1. The van der Waals surface area contributed by atoms with Gasteiger partial charge in [-0.1, -0.05) is 52.7 Å². The first-order chi connectivity index (χ1) is 9.15. The molecule has 0 saturated carbocycles. The predicted molar refractivity (Wildman–Crippen MR) is 91.1 cm³/mol. The average Bonchev–Trinajstić information content (AvgIpc) is 2.28. The molecule has 0 aliphatic carbocycles. The summed E-state index contributed by atoms with van der Waals surface area (Å²) in [7, 11) is 2.70. The summed E-state index contributed by atoms with van der Waals surface area (Å²) < 4.78 is 0. The molecule has 114 valence electrons. The van der Waals surface area contributed by atoms with Crippen LogP contribution in [0.15, 0.2) is 12.1 Å². The molecule has 0 fully saturated rings. The van der Waals surface area contributed by atoms with Crippen molar-refractivity contribution in [3.8, 4) is 0 Å². The van der Waals surface area contributed by atoms with Crippen LogP contribution in [0.4, 0.5) is 0 Å². The number of aryl methyl sites for hydroxylation is 2. The maximum absolute atomic E-state index is 11.0. The number of carboxylic acid groups (broad SMARTS) is 1. The third-order valence-corrected chi connectivity index (χ3v) is 3.58. The zero-order chi connectivity index (χ0) is 15.9. The number of rotatable bonds is 3. The molecule has 0 radical (unpaired) electrons. The van der Waals surface area contributed by atoms with Gasteiger partial charge in [0.15, 0.2) is 0 Å². The number of unbranched alkanes of at least 4 members (excludes halogenated alkanes) is 1. The molecule has 0 spiro atoms. The number of hydrogen-bond donors (Lipinski definition) is 1. The van der Waals surface area contributed by atoms with Gasteiger partial charge in [-0.05, 0) is 42.1 Å². The highest BCUT2D eigenvalue weighted by atomic mass is 31.0. The van der Waals surface area contributed by atoms with Crippen LogP contribution >= 0.6 is 9.24 Å². The summed E-state index contributed by atoms with van der Waals surface area (Å²) in [5.74, 6) is -0.842. The Hall–Kier alpha value is -0.880. The minimum absolute atomic E-state index is 0.0621. The maximum atomic E-state index is 11.0. The van der Waals surface area contributed by atoms with Gasteiger partial charge in [0.25, 0.3) is 0 Å². The van der Waals surface area contributed by atoms with E-state index in [0.717, 1.165) is 11.1 Å². The van der Waals surface area contributed by atoms with Crippen LogP contribution < -0.4 is 0 Å². The zero-order valence-electron chi connectivity index (χ0n) is 13.7. The molecular weight excluding hydrogens is 267 g/mol. The first kappa shape index (κ1) is 19.1. The largest absolute Gasteiger partial charge is 0.478 e. The van der Waals surface area contributed by atoms with E-state index in [1.54, 1.807) is 0 Å². The Morgan fingerprint density at radius 3 is 1.85 bits per heavy atom. The van der Waals surface area contributed by atoms with Crippen molar-refractivity contribution in [2.24, 2.45) is 0 Å². The minimum Gasteiger partial charge on any atom is -0.478 e. The van der Waals surface area contributed by atoms with Crippen LogP contribution in [0, 0.1) is 13.8 Å². The topological polar surface area (TPSA) is 37.3 Å². The summed E-state index contributed by atoms with van der Waals surface area (Å²) in [5.41, 5.74) is 3.36. The number of carboxylic acids is 1. The molecule has 1 unspecified atom stereocenters. The van der Waals surface area contributed by atoms with Crippen LogP contribution in [0.2, 0.25) is 0 Å². The van der Waals surface area contributed by atoms with Crippen molar-refractivity contribution >= 4 is 15.2 Å². The molecule has 0 saturated heterocycles. The highest BCUT2D eigenvalue weighted by Crippen LogP contribution is 2.26. The van der Waals surface area contributed by atoms with E-state index < -0.39 is 5.97 Å². The van der Waals surface area contributed by atoms with Crippen LogP contribution in [-0.2, 0) is 5.41 Å². The molecule has 1 atom stereocenters. The number of hydrogen-bond acceptors (Lipinski definition) is 1. The van der Waals surface area contributed by atoms with E-state index >= 15 is 0 Å². The lowest BCUT2D eigenvalue weighted by Gasteiger charge is -2.21. The van der Waals surface area contributed by atoms with Crippen molar-refractivity contribution in [3.05, 3.63) is 34.4 Å². The van der Waals surface area contributed by atoms with Crippen molar-refractivity contribution < 1.29 is 9.90 Å². The molecule has 0 bridgehead atoms. The Morgan fingerprint density at radius 2 is 1.65 bits per heavy atom. The molecule has 0 heterocycles. The van der Waals surface area contributed by atoms with Crippen LogP contribution in [0.25, 0.3) is 0 Å². The van der Waals surface area contributed by atoms with Gasteiger partial charge in [-0.2, -0.15) is 0 Å². The summed E-state index contributed by atoms with van der Waals surface area (Å²) in [5, 5.41) is 9.04. The fourth-order valence-corrected chi connectivity index (χ4v) is 2.35. The van der Waals surface area contributed by atoms with Gasteiger partial charge >= 0.3 is 5.97 Å². The van der Waals surface area contributed by atoms with E-state index in [1.165, 1.54) is 24.6 Å². The molecule has 0 aliphatic heterocycles. The van der Waals surface area contributed by atoms with E-state index in [1.807, 2.05) is 26.0 Å². The van der Waals surface area contributed by atoms with E-state index in [0.29, 0.717) is 5.56 Å². The standard InChI is InChI=1S/C13H18O2.C4H11P/c1-8-6-10(13(3,4)5)7-9(2)11(8)12(14)15;1-2-3-4-5/h6-7H,1-5H3,(H,14,15);2-5H2,1H3. The van der Waals surface area contributed by atoms with Crippen molar-refractivity contribution in [2.75, 3.05) is 6.16 Å². The molecule has 0 amide bonds. The van der Waals surface area contributed by atoms with Gasteiger partial charge in [0.1, 0.15) is 0 Å². The molecule has 0 aromatic heterocycles. The molecule has 20 heavy (non-hydrogen) atoms. The second-order valence-corrected chi connectivity index (χ2v) is 6.76. The zero-order valence-corrected chi connectivity index (χ0v) is 14.9. The second kappa shape index (κ2) is 8.42. The Kier molecular flexibility index (Phi) is 8.05. The summed E-state index contributed by atoms with van der Waals surface area (Å²) in [6, 6.07) is 3.94. The van der Waals surface area contributed by atoms with Gasteiger partial charge in [0.2, 0.25) is 0 Å². The average molecular weight is 296 g/mol. The highest BCUT2D eigenvalue weighted by molar-refractivity contribution is 7.16. The van der Waals surface area contributed by atoms with E-state index in [4.69, 9.17) is 5.11 Å². The molecule has 0 aliphatic rings. The first-order valence-electron chi connectivity index (χ1n) is 7.20. The smallest absolute Gasteiger partial charge is 0.336 e. The molecule has 1 rings (SSSR count). The quantitative estimate of drug-likeness (QED) is 0.800. The van der Waals surface area contributed by atoms with Crippen LogP contribution in [0.3, 0.4) is 0 Å². The predicted octanol–water partition coefficient (Wildman–Crippen LogP) is 4.96. The fourth-order valence-electron chi connectivity index (χ4n) is 1.94. The normalized spacial score (nSPS) is 10.8. The lowest BCUT2D eigenvalue weighted by molar-refractivity contribution is 0.0695. The Labute approximate surface area is 126 Å². The summed E-state index contributed by atoms with van der Waals surface area (Å²) in [4.78, 5) is 11.0. The van der Waals surface area contributed by atoms with Crippen LogP contribution in [0.1, 0.15) is 67.6 Å². The van der Waals surface area contributed by atoms with Gasteiger partial charge in [-0.3, -0.25) is 0 Å². The van der Waals surface area contributed by atoms with Gasteiger partial charge < -0.3 is 5.11 Å². The minimum atomic E-state index is -0.842. The molecule has 2 nitrogen and oxygen atoms in total. The number of aromatic carboxylic acids is 1. The Balaban J connectivity index is 0.000000621. The third kappa shape index (κ3) is 6.05. The second-order valence-electron chi connectivity index (χ2n) is 6.18. The van der Waals surface area contributed by atoms with Crippen molar-refractivity contribution in [1.29, 1.82) is 0 Å². The van der Waals surface area contributed by atoms with E-state index in [9.17, 15) is 4.79 Å². The van der Waals surface area contributed by atoms with Gasteiger partial charge in [0.05, 0.1) is 5.56 Å². The lowest BCUT2D eigenvalue weighted by atomic mass is 9.84. The van der Waals surface area contributed by atoms with E-state index in [2.05, 4.69) is 36.9 Å². The molecule has 1 aromatic carbocycles. The van der Waals surface area contributed by atoms with Crippen LogP contribution in [0.5, 0.6) is 0 Å². The summed E-state index contributed by atoms with van der Waals surface area (Å²) in [6.07, 6.45) is 3.94. The maximum Gasteiger partial charge on any atom is 0.336 e.